The third-order valence-electron chi connectivity index (χ3n) is 4.75. The minimum absolute atomic E-state index is 0.208. The van der Waals surface area contributed by atoms with Crippen molar-refractivity contribution in [1.29, 1.82) is 0 Å². The normalized spacial score (nSPS) is 15.6. The van der Waals surface area contributed by atoms with E-state index in [2.05, 4.69) is 15.5 Å². The summed E-state index contributed by atoms with van der Waals surface area (Å²) in [6.45, 7) is 0.581. The number of anilines is 1. The van der Waals surface area contributed by atoms with E-state index in [4.69, 9.17) is 9.47 Å². The summed E-state index contributed by atoms with van der Waals surface area (Å²) in [5.74, 6) is 1.78. The standard InChI is InChI=1S/C20H20N4O3S/c1-26-15-11-13-7-9-24(20(25)22-18-6-3-8-21-23-18)19(17-5-4-10-28-17)14(13)12-16(15)27-2/h3-6,8,10-12,19H,7,9H2,1-2H3,(H,22,23,25). The minimum Gasteiger partial charge on any atom is -0.493 e. The number of carbonyl (C=O) groups is 1. The van der Waals surface area contributed by atoms with E-state index in [0.29, 0.717) is 23.9 Å². The van der Waals surface area contributed by atoms with Gasteiger partial charge in [0.25, 0.3) is 0 Å². The SMILES string of the molecule is COc1cc2c(cc1OC)C(c1cccs1)N(C(=O)Nc1cccnn1)CC2. The van der Waals surface area contributed by atoms with Crippen molar-refractivity contribution in [2.75, 3.05) is 26.1 Å². The van der Waals surface area contributed by atoms with Crippen molar-refractivity contribution in [1.82, 2.24) is 15.1 Å². The zero-order valence-electron chi connectivity index (χ0n) is 15.6. The largest absolute Gasteiger partial charge is 0.493 e. The molecule has 1 atom stereocenters. The average molecular weight is 396 g/mol. The second-order valence-corrected chi connectivity index (χ2v) is 7.29. The van der Waals surface area contributed by atoms with E-state index in [9.17, 15) is 4.79 Å². The smallest absolute Gasteiger partial charge is 0.323 e. The molecule has 1 N–H and O–H groups in total. The van der Waals surface area contributed by atoms with Crippen LogP contribution in [0.1, 0.15) is 22.0 Å². The number of benzene rings is 1. The number of methoxy groups -OCH3 is 2. The first-order valence-corrected chi connectivity index (χ1v) is 9.72. The van der Waals surface area contributed by atoms with Gasteiger partial charge in [-0.15, -0.1) is 16.4 Å². The summed E-state index contributed by atoms with van der Waals surface area (Å²) < 4.78 is 11.0. The van der Waals surface area contributed by atoms with Gasteiger partial charge in [-0.05, 0) is 53.3 Å². The van der Waals surface area contributed by atoms with Crippen LogP contribution in [-0.2, 0) is 6.42 Å². The van der Waals surface area contributed by atoms with E-state index in [1.165, 1.54) is 0 Å². The van der Waals surface area contributed by atoms with E-state index < -0.39 is 0 Å². The third-order valence-corrected chi connectivity index (χ3v) is 5.68. The summed E-state index contributed by atoms with van der Waals surface area (Å²) in [6, 6.07) is 11.1. The Hall–Kier alpha value is -3.13. The average Bonchev–Trinajstić information content (AvgIpc) is 3.26. The number of hydrogen-bond acceptors (Lipinski definition) is 6. The number of hydrogen-bond donors (Lipinski definition) is 1. The zero-order valence-corrected chi connectivity index (χ0v) is 16.4. The number of rotatable bonds is 4. The van der Waals surface area contributed by atoms with Crippen LogP contribution in [0.3, 0.4) is 0 Å². The van der Waals surface area contributed by atoms with Crippen LogP contribution in [0.5, 0.6) is 11.5 Å². The highest BCUT2D eigenvalue weighted by Crippen LogP contribution is 2.42. The van der Waals surface area contributed by atoms with Gasteiger partial charge in [-0.3, -0.25) is 5.32 Å². The van der Waals surface area contributed by atoms with Gasteiger partial charge >= 0.3 is 6.03 Å². The molecule has 4 rings (SSSR count). The summed E-state index contributed by atoms with van der Waals surface area (Å²) in [5.41, 5.74) is 2.19. The molecule has 7 nitrogen and oxygen atoms in total. The summed E-state index contributed by atoms with van der Waals surface area (Å²) in [4.78, 5) is 16.0. The van der Waals surface area contributed by atoms with Gasteiger partial charge in [0.1, 0.15) is 0 Å². The van der Waals surface area contributed by atoms with Crippen molar-refractivity contribution < 1.29 is 14.3 Å². The molecule has 0 spiro atoms. The van der Waals surface area contributed by atoms with Gasteiger partial charge in [-0.2, -0.15) is 5.10 Å². The topological polar surface area (TPSA) is 76.6 Å². The first kappa shape index (κ1) is 18.2. The lowest BCUT2D eigenvalue weighted by Crippen LogP contribution is -2.42. The van der Waals surface area contributed by atoms with Gasteiger partial charge in [0.05, 0.1) is 20.3 Å². The number of nitrogens with zero attached hydrogens (tertiary/aromatic N) is 3. The van der Waals surface area contributed by atoms with E-state index >= 15 is 0 Å². The number of ether oxygens (including phenoxy) is 2. The maximum absolute atomic E-state index is 13.1. The van der Waals surface area contributed by atoms with Gasteiger partial charge in [0, 0.05) is 17.6 Å². The maximum Gasteiger partial charge on any atom is 0.323 e. The molecule has 1 unspecified atom stereocenters. The lowest BCUT2D eigenvalue weighted by molar-refractivity contribution is 0.194. The van der Waals surface area contributed by atoms with Gasteiger partial charge < -0.3 is 14.4 Å². The van der Waals surface area contributed by atoms with Crippen molar-refractivity contribution in [3.05, 3.63) is 64.0 Å². The number of thiophene rings is 1. The summed E-state index contributed by atoms with van der Waals surface area (Å²) in [6.07, 6.45) is 2.30. The van der Waals surface area contributed by atoms with Crippen molar-refractivity contribution in [2.24, 2.45) is 0 Å². The second-order valence-electron chi connectivity index (χ2n) is 6.31. The Morgan fingerprint density at radius 2 is 2.04 bits per heavy atom. The van der Waals surface area contributed by atoms with Crippen LogP contribution in [0, 0.1) is 0 Å². The predicted molar refractivity (Wildman–Crippen MR) is 107 cm³/mol. The number of amides is 2. The number of aromatic nitrogens is 2. The molecule has 0 radical (unpaired) electrons. The fraction of sp³-hybridized carbons (Fsp3) is 0.250. The van der Waals surface area contributed by atoms with E-state index in [-0.39, 0.29) is 12.1 Å². The monoisotopic (exact) mass is 396 g/mol. The molecule has 0 saturated heterocycles. The highest BCUT2D eigenvalue weighted by atomic mass is 32.1. The molecule has 0 fully saturated rings. The molecule has 0 bridgehead atoms. The Morgan fingerprint density at radius 3 is 2.71 bits per heavy atom. The molecule has 3 heterocycles. The molecule has 0 aliphatic carbocycles. The fourth-order valence-corrected chi connectivity index (χ4v) is 4.32. The Kier molecular flexibility index (Phi) is 5.12. The van der Waals surface area contributed by atoms with Crippen LogP contribution in [0.4, 0.5) is 10.6 Å². The van der Waals surface area contributed by atoms with E-state index in [1.807, 2.05) is 34.5 Å². The Morgan fingerprint density at radius 1 is 1.21 bits per heavy atom. The molecule has 28 heavy (non-hydrogen) atoms. The molecule has 2 amide bonds. The van der Waals surface area contributed by atoms with Crippen LogP contribution in [0.25, 0.3) is 0 Å². The summed E-state index contributed by atoms with van der Waals surface area (Å²) in [7, 11) is 3.25. The van der Waals surface area contributed by atoms with Crippen LogP contribution in [0.15, 0.2) is 48.0 Å². The molecule has 144 valence electrons. The second kappa shape index (κ2) is 7.85. The van der Waals surface area contributed by atoms with Crippen LogP contribution in [-0.4, -0.2) is 41.9 Å². The first-order chi connectivity index (χ1) is 13.7. The quantitative estimate of drug-likeness (QED) is 0.727. The maximum atomic E-state index is 13.1. The van der Waals surface area contributed by atoms with Gasteiger partial charge in [0.15, 0.2) is 17.3 Å². The summed E-state index contributed by atoms with van der Waals surface area (Å²) in [5, 5.41) is 12.6. The Balaban J connectivity index is 1.73. The van der Waals surface area contributed by atoms with Crippen molar-refractivity contribution in [3.63, 3.8) is 0 Å². The molecule has 1 aliphatic heterocycles. The lowest BCUT2D eigenvalue weighted by atomic mass is 9.91. The third kappa shape index (κ3) is 3.38. The fourth-order valence-electron chi connectivity index (χ4n) is 3.47. The molecule has 1 aromatic carbocycles. The van der Waals surface area contributed by atoms with E-state index in [0.717, 1.165) is 22.4 Å². The van der Waals surface area contributed by atoms with E-state index in [1.54, 1.807) is 43.9 Å². The first-order valence-electron chi connectivity index (χ1n) is 8.84. The Labute approximate surface area is 166 Å². The van der Waals surface area contributed by atoms with Crippen LogP contribution in [0.2, 0.25) is 0 Å². The highest BCUT2D eigenvalue weighted by Gasteiger charge is 2.34. The number of carbonyl (C=O) groups excluding carboxylic acids is 1. The zero-order chi connectivity index (χ0) is 19.5. The number of nitrogens with one attached hydrogen (secondary N) is 1. The highest BCUT2D eigenvalue weighted by molar-refractivity contribution is 7.10. The van der Waals surface area contributed by atoms with Crippen LogP contribution >= 0.6 is 11.3 Å². The molecule has 2 aromatic heterocycles. The molecule has 8 heteroatoms. The van der Waals surface area contributed by atoms with Gasteiger partial charge in [-0.25, -0.2) is 4.79 Å². The van der Waals surface area contributed by atoms with Gasteiger partial charge in [0.2, 0.25) is 0 Å². The Bertz CT molecular complexity index is 963. The van der Waals surface area contributed by atoms with Crippen LogP contribution < -0.4 is 14.8 Å². The summed E-state index contributed by atoms with van der Waals surface area (Å²) >= 11 is 1.62. The number of urea groups is 1. The van der Waals surface area contributed by atoms with Gasteiger partial charge in [-0.1, -0.05) is 6.07 Å². The number of fused-ring (bicyclic) bond motifs is 1. The van der Waals surface area contributed by atoms with Crippen molar-refractivity contribution in [2.45, 2.75) is 12.5 Å². The molecular weight excluding hydrogens is 376 g/mol. The minimum atomic E-state index is -0.209. The molecular formula is C20H20N4O3S. The molecule has 3 aromatic rings. The van der Waals surface area contributed by atoms with Crippen molar-refractivity contribution in [3.8, 4) is 11.5 Å². The van der Waals surface area contributed by atoms with Crippen molar-refractivity contribution >= 4 is 23.2 Å². The molecule has 0 saturated carbocycles. The lowest BCUT2D eigenvalue weighted by Gasteiger charge is -2.37. The molecule has 1 aliphatic rings. The predicted octanol–water partition coefficient (Wildman–Crippen LogP) is 3.73.